The van der Waals surface area contributed by atoms with E-state index < -0.39 is 23.3 Å². The minimum Gasteiger partial charge on any atom is -0.393 e. The molecule has 152 valence electrons. The van der Waals surface area contributed by atoms with E-state index in [9.17, 15) is 14.4 Å². The number of ether oxygens (including phenoxy) is 1. The lowest BCUT2D eigenvalue weighted by Crippen LogP contribution is -2.33. The van der Waals surface area contributed by atoms with Gasteiger partial charge in [0.1, 0.15) is 5.44 Å². The molecule has 0 spiro atoms. The summed E-state index contributed by atoms with van der Waals surface area (Å²) in [6.45, 7) is 0.287. The summed E-state index contributed by atoms with van der Waals surface area (Å²) >= 11 is 1.32. The molecule has 2 aromatic rings. The molecule has 1 aliphatic heterocycles. The standard InChI is InChI=1S/C14H20N8O5S/c1-20(2)4-3-7(24)16-12-10-11(22(18-12)14(15)26)13(25)21(19-17-10)8-6-28-9(5-23)27-8/h8-9,23H,3-6H2,1-2H3,(H2,15,26)(H,16,18,24). The van der Waals surface area contributed by atoms with Crippen LogP contribution < -0.4 is 16.6 Å². The van der Waals surface area contributed by atoms with E-state index in [0.717, 1.165) is 4.68 Å². The number of amides is 2. The van der Waals surface area contributed by atoms with Crippen LogP contribution in [-0.4, -0.2) is 85.2 Å². The second-order valence-electron chi connectivity index (χ2n) is 6.27. The molecule has 1 aliphatic rings. The zero-order valence-electron chi connectivity index (χ0n) is 15.2. The number of nitrogens with one attached hydrogen (secondary N) is 1. The second-order valence-corrected chi connectivity index (χ2v) is 7.47. The van der Waals surface area contributed by atoms with E-state index in [1.54, 1.807) is 0 Å². The highest BCUT2D eigenvalue weighted by Crippen LogP contribution is 2.30. The summed E-state index contributed by atoms with van der Waals surface area (Å²) in [5.41, 5.74) is 3.86. The normalized spacial score (nSPS) is 19.4. The Kier molecular flexibility index (Phi) is 5.93. The van der Waals surface area contributed by atoms with Gasteiger partial charge >= 0.3 is 6.03 Å². The Labute approximate surface area is 162 Å². The number of hydrogen-bond acceptors (Lipinski definition) is 10. The molecule has 0 radical (unpaired) electrons. The van der Waals surface area contributed by atoms with E-state index >= 15 is 0 Å². The molecule has 2 amide bonds. The predicted molar refractivity (Wildman–Crippen MR) is 99.8 cm³/mol. The maximum atomic E-state index is 12.9. The van der Waals surface area contributed by atoms with Crippen LogP contribution in [0.5, 0.6) is 0 Å². The molecule has 28 heavy (non-hydrogen) atoms. The van der Waals surface area contributed by atoms with Crippen LogP contribution in [0.1, 0.15) is 12.6 Å². The minimum absolute atomic E-state index is 0.0531. The predicted octanol–water partition coefficient (Wildman–Crippen LogP) is -1.61. The summed E-state index contributed by atoms with van der Waals surface area (Å²) in [6.07, 6.45) is -0.584. The molecule has 2 unspecified atom stereocenters. The molecule has 3 rings (SSSR count). The maximum Gasteiger partial charge on any atom is 0.340 e. The SMILES string of the molecule is CN(C)CCC(=O)Nc1nn(C(N)=O)c2c(=O)n(C3CSC(CO)O3)nnc12. The monoisotopic (exact) mass is 412 g/mol. The number of nitrogens with two attached hydrogens (primary N) is 1. The van der Waals surface area contributed by atoms with Gasteiger partial charge in [0.2, 0.25) is 5.91 Å². The first-order valence-electron chi connectivity index (χ1n) is 8.32. The summed E-state index contributed by atoms with van der Waals surface area (Å²) in [7, 11) is 3.65. The van der Waals surface area contributed by atoms with Crippen molar-refractivity contribution in [2.75, 3.05) is 38.3 Å². The highest BCUT2D eigenvalue weighted by molar-refractivity contribution is 8.00. The molecule has 3 heterocycles. The molecule has 0 aliphatic carbocycles. The van der Waals surface area contributed by atoms with Gasteiger partial charge in [-0.1, -0.05) is 5.21 Å². The second kappa shape index (κ2) is 8.22. The zero-order chi connectivity index (χ0) is 20.4. The summed E-state index contributed by atoms with van der Waals surface area (Å²) in [6, 6.07) is -1.01. The van der Waals surface area contributed by atoms with Crippen molar-refractivity contribution in [1.29, 1.82) is 0 Å². The number of nitrogens with zero attached hydrogens (tertiary/aromatic N) is 6. The zero-order valence-corrected chi connectivity index (χ0v) is 16.0. The number of primary amides is 1. The van der Waals surface area contributed by atoms with Gasteiger partial charge in [-0.2, -0.15) is 9.36 Å². The van der Waals surface area contributed by atoms with Crippen molar-refractivity contribution in [3.8, 4) is 0 Å². The molecule has 14 heteroatoms. The fraction of sp³-hybridized carbons (Fsp3) is 0.571. The van der Waals surface area contributed by atoms with Crippen LogP contribution in [0, 0.1) is 0 Å². The van der Waals surface area contributed by atoms with Crippen molar-refractivity contribution in [2.24, 2.45) is 5.73 Å². The van der Waals surface area contributed by atoms with Crippen LogP contribution in [-0.2, 0) is 9.53 Å². The van der Waals surface area contributed by atoms with Gasteiger partial charge in [-0.05, 0) is 14.1 Å². The first-order valence-corrected chi connectivity index (χ1v) is 9.37. The van der Waals surface area contributed by atoms with E-state index in [1.165, 1.54) is 11.8 Å². The Bertz CT molecular complexity index is 957. The molecule has 13 nitrogen and oxygen atoms in total. The Balaban J connectivity index is 1.97. The minimum atomic E-state index is -1.01. The summed E-state index contributed by atoms with van der Waals surface area (Å²) < 4.78 is 7.14. The fourth-order valence-corrected chi connectivity index (χ4v) is 3.47. The number of anilines is 1. The van der Waals surface area contributed by atoms with Crippen LogP contribution in [0.25, 0.3) is 11.0 Å². The van der Waals surface area contributed by atoms with Gasteiger partial charge in [0.15, 0.2) is 23.1 Å². The first kappa shape index (κ1) is 20.2. The number of thioether (sulfide) groups is 1. The van der Waals surface area contributed by atoms with E-state index in [4.69, 9.17) is 15.6 Å². The molecule has 1 fully saturated rings. The molecular weight excluding hydrogens is 392 g/mol. The van der Waals surface area contributed by atoms with Crippen molar-refractivity contribution < 1.29 is 19.4 Å². The van der Waals surface area contributed by atoms with Crippen molar-refractivity contribution >= 4 is 40.6 Å². The van der Waals surface area contributed by atoms with Crippen LogP contribution in [0.3, 0.4) is 0 Å². The quantitative estimate of drug-likeness (QED) is 0.501. The van der Waals surface area contributed by atoms with Crippen LogP contribution in [0.2, 0.25) is 0 Å². The highest BCUT2D eigenvalue weighted by atomic mass is 32.2. The molecule has 4 N–H and O–H groups in total. The average Bonchev–Trinajstić information content (AvgIpc) is 3.26. The topological polar surface area (TPSA) is 170 Å². The van der Waals surface area contributed by atoms with Crippen LogP contribution in [0.4, 0.5) is 10.6 Å². The summed E-state index contributed by atoms with van der Waals surface area (Å²) in [4.78, 5) is 38.5. The van der Waals surface area contributed by atoms with E-state index in [2.05, 4.69) is 20.7 Å². The van der Waals surface area contributed by atoms with Gasteiger partial charge in [-0.15, -0.1) is 22.0 Å². The molecule has 0 aromatic carbocycles. The Morgan fingerprint density at radius 1 is 1.46 bits per heavy atom. The smallest absolute Gasteiger partial charge is 0.340 e. The number of hydrogen-bond donors (Lipinski definition) is 3. The van der Waals surface area contributed by atoms with Gasteiger partial charge in [-0.3, -0.25) is 9.59 Å². The summed E-state index contributed by atoms with van der Waals surface area (Å²) in [5, 5.41) is 23.4. The number of rotatable bonds is 6. The Morgan fingerprint density at radius 3 is 2.82 bits per heavy atom. The van der Waals surface area contributed by atoms with E-state index in [1.807, 2.05) is 19.0 Å². The van der Waals surface area contributed by atoms with Crippen molar-refractivity contribution in [2.45, 2.75) is 18.1 Å². The molecule has 0 bridgehead atoms. The Hall–Kier alpha value is -2.55. The highest BCUT2D eigenvalue weighted by Gasteiger charge is 2.30. The van der Waals surface area contributed by atoms with Crippen LogP contribution >= 0.6 is 11.8 Å². The fourth-order valence-electron chi connectivity index (χ4n) is 2.56. The molecular formula is C14H20N8O5S. The number of carbonyl (C=O) groups excluding carboxylic acids is 2. The third-order valence-electron chi connectivity index (χ3n) is 3.92. The lowest BCUT2D eigenvalue weighted by atomic mass is 10.3. The third kappa shape index (κ3) is 3.99. The van der Waals surface area contributed by atoms with Crippen molar-refractivity contribution in [3.63, 3.8) is 0 Å². The number of aromatic nitrogens is 5. The Morgan fingerprint density at radius 2 is 2.21 bits per heavy atom. The van der Waals surface area contributed by atoms with E-state index in [-0.39, 0.29) is 35.8 Å². The number of aliphatic hydroxyl groups is 1. The molecule has 2 aromatic heterocycles. The lowest BCUT2D eigenvalue weighted by molar-refractivity contribution is -0.116. The van der Waals surface area contributed by atoms with Gasteiger partial charge in [0.25, 0.3) is 5.56 Å². The largest absolute Gasteiger partial charge is 0.393 e. The maximum absolute atomic E-state index is 12.9. The van der Waals surface area contributed by atoms with Gasteiger partial charge in [0.05, 0.1) is 6.61 Å². The van der Waals surface area contributed by atoms with Crippen LogP contribution in [0.15, 0.2) is 4.79 Å². The van der Waals surface area contributed by atoms with Crippen molar-refractivity contribution in [1.82, 2.24) is 29.7 Å². The van der Waals surface area contributed by atoms with E-state index in [0.29, 0.717) is 17.0 Å². The van der Waals surface area contributed by atoms with Crippen molar-refractivity contribution in [3.05, 3.63) is 10.4 Å². The number of aliphatic hydroxyl groups excluding tert-OH is 1. The third-order valence-corrected chi connectivity index (χ3v) is 5.03. The molecule has 2 atom stereocenters. The number of carbonyl (C=O) groups is 2. The summed E-state index contributed by atoms with van der Waals surface area (Å²) in [5.74, 6) is -0.0780. The number of fused-ring (bicyclic) bond motifs is 1. The molecule has 0 saturated carbocycles. The average molecular weight is 412 g/mol. The molecule has 1 saturated heterocycles. The van der Waals surface area contributed by atoms with Gasteiger partial charge in [-0.25, -0.2) is 4.79 Å². The van der Waals surface area contributed by atoms with Gasteiger partial charge in [0, 0.05) is 18.7 Å². The van der Waals surface area contributed by atoms with Gasteiger partial charge < -0.3 is 25.8 Å². The lowest BCUT2D eigenvalue weighted by Gasteiger charge is -2.12. The first-order chi connectivity index (χ1) is 13.3.